The first-order valence-corrected chi connectivity index (χ1v) is 7.84. The minimum atomic E-state index is -0.131. The van der Waals surface area contributed by atoms with E-state index in [1.54, 1.807) is 24.3 Å². The lowest BCUT2D eigenvalue weighted by atomic mass is 10.0. The van der Waals surface area contributed by atoms with E-state index < -0.39 is 0 Å². The highest BCUT2D eigenvalue weighted by molar-refractivity contribution is 6.07. The molecule has 0 heterocycles. The van der Waals surface area contributed by atoms with Crippen molar-refractivity contribution in [2.24, 2.45) is 0 Å². The molecule has 24 heavy (non-hydrogen) atoms. The lowest BCUT2D eigenvalue weighted by Gasteiger charge is -2.08. The first-order valence-electron chi connectivity index (χ1n) is 7.84. The molecule has 2 rings (SSSR count). The molecule has 0 saturated carbocycles. The monoisotopic (exact) mass is 322 g/mol. The highest BCUT2D eigenvalue weighted by Crippen LogP contribution is 2.32. The number of carbonyl (C=O) groups excluding carboxylic acids is 1. The van der Waals surface area contributed by atoms with Gasteiger partial charge in [0, 0.05) is 16.7 Å². The van der Waals surface area contributed by atoms with Gasteiger partial charge in [0.15, 0.2) is 5.78 Å². The van der Waals surface area contributed by atoms with Crippen LogP contribution in [0.25, 0.3) is 6.08 Å². The van der Waals surface area contributed by atoms with Gasteiger partial charge in [0.2, 0.25) is 0 Å². The Labute approximate surface area is 142 Å². The van der Waals surface area contributed by atoms with E-state index in [4.69, 9.17) is 0 Å². The third-order valence-corrected chi connectivity index (χ3v) is 3.75. The first-order chi connectivity index (χ1) is 11.4. The Bertz CT molecular complexity index is 793. The van der Waals surface area contributed by atoms with E-state index in [1.807, 2.05) is 39.0 Å². The van der Waals surface area contributed by atoms with Gasteiger partial charge in [-0.2, -0.15) is 0 Å². The fraction of sp³-hybridized carbons (Fsp3) is 0.190. The highest BCUT2D eigenvalue weighted by Gasteiger charge is 2.10. The number of carbonyl (C=O) groups is 1. The number of rotatable bonds is 5. The van der Waals surface area contributed by atoms with Gasteiger partial charge in [-0.05, 0) is 51.5 Å². The topological polar surface area (TPSA) is 57.5 Å². The molecule has 0 saturated heterocycles. The lowest BCUT2D eigenvalue weighted by Crippen LogP contribution is -1.94. The van der Waals surface area contributed by atoms with Gasteiger partial charge in [0.05, 0.1) is 0 Å². The van der Waals surface area contributed by atoms with Crippen LogP contribution in [0.5, 0.6) is 11.5 Å². The number of phenolic OH excluding ortho intramolecular Hbond substituents is 2. The summed E-state index contributed by atoms with van der Waals surface area (Å²) in [6.07, 6.45) is 5.37. The molecule has 2 aromatic carbocycles. The van der Waals surface area contributed by atoms with Crippen LogP contribution >= 0.6 is 0 Å². The van der Waals surface area contributed by atoms with Gasteiger partial charge in [-0.25, -0.2) is 0 Å². The molecule has 0 aliphatic heterocycles. The van der Waals surface area contributed by atoms with E-state index in [9.17, 15) is 15.0 Å². The zero-order chi connectivity index (χ0) is 17.7. The Morgan fingerprint density at radius 1 is 1.04 bits per heavy atom. The maximum absolute atomic E-state index is 12.2. The molecule has 0 unspecified atom stereocenters. The Morgan fingerprint density at radius 2 is 1.71 bits per heavy atom. The van der Waals surface area contributed by atoms with Crippen LogP contribution in [0, 0.1) is 6.92 Å². The van der Waals surface area contributed by atoms with E-state index in [0.717, 1.165) is 11.1 Å². The lowest BCUT2D eigenvalue weighted by molar-refractivity contribution is 0.104. The summed E-state index contributed by atoms with van der Waals surface area (Å²) >= 11 is 0. The largest absolute Gasteiger partial charge is 0.508 e. The number of hydrogen-bond acceptors (Lipinski definition) is 3. The second-order valence-electron chi connectivity index (χ2n) is 6.05. The molecule has 0 aliphatic rings. The number of aryl methyl sites for hydroxylation is 1. The van der Waals surface area contributed by atoms with E-state index in [1.165, 1.54) is 12.1 Å². The second kappa shape index (κ2) is 7.64. The van der Waals surface area contributed by atoms with Crippen LogP contribution in [0.15, 0.2) is 54.1 Å². The summed E-state index contributed by atoms with van der Waals surface area (Å²) in [5.74, 6) is -0.0826. The maximum atomic E-state index is 12.2. The van der Waals surface area contributed by atoms with Crippen LogP contribution in [-0.2, 0) is 6.42 Å². The summed E-state index contributed by atoms with van der Waals surface area (Å²) in [7, 11) is 0. The average molecular weight is 322 g/mol. The van der Waals surface area contributed by atoms with Crippen molar-refractivity contribution in [1.29, 1.82) is 0 Å². The molecule has 0 atom stereocenters. The number of allylic oxidation sites excluding steroid dienone is 3. The van der Waals surface area contributed by atoms with Crippen LogP contribution in [0.2, 0.25) is 0 Å². The van der Waals surface area contributed by atoms with Gasteiger partial charge in [0.1, 0.15) is 11.5 Å². The molecule has 0 amide bonds. The minimum Gasteiger partial charge on any atom is -0.508 e. The van der Waals surface area contributed by atoms with Crippen LogP contribution in [0.1, 0.15) is 40.9 Å². The van der Waals surface area contributed by atoms with Crippen molar-refractivity contribution in [3.8, 4) is 11.5 Å². The smallest absolute Gasteiger partial charge is 0.185 e. The van der Waals surface area contributed by atoms with Crippen molar-refractivity contribution >= 4 is 11.9 Å². The molecule has 3 heteroatoms. The number of benzene rings is 2. The summed E-state index contributed by atoms with van der Waals surface area (Å²) < 4.78 is 0. The summed E-state index contributed by atoms with van der Waals surface area (Å²) in [4.78, 5) is 12.2. The summed E-state index contributed by atoms with van der Waals surface area (Å²) in [6.45, 7) is 5.88. The summed E-state index contributed by atoms with van der Waals surface area (Å²) in [6, 6.07) is 10.4. The first kappa shape index (κ1) is 17.5. The normalized spacial score (nSPS) is 10.8. The van der Waals surface area contributed by atoms with E-state index in [2.05, 4.69) is 0 Å². The van der Waals surface area contributed by atoms with E-state index >= 15 is 0 Å². The average Bonchev–Trinajstić information content (AvgIpc) is 2.54. The maximum Gasteiger partial charge on any atom is 0.185 e. The molecule has 2 aromatic rings. The van der Waals surface area contributed by atoms with Crippen molar-refractivity contribution < 1.29 is 15.0 Å². The van der Waals surface area contributed by atoms with Crippen LogP contribution in [0.3, 0.4) is 0 Å². The van der Waals surface area contributed by atoms with Crippen molar-refractivity contribution in [3.05, 3.63) is 76.4 Å². The third kappa shape index (κ3) is 4.35. The van der Waals surface area contributed by atoms with E-state index in [0.29, 0.717) is 23.1 Å². The molecule has 0 bridgehead atoms. The van der Waals surface area contributed by atoms with Gasteiger partial charge >= 0.3 is 0 Å². The molecule has 2 N–H and O–H groups in total. The van der Waals surface area contributed by atoms with Crippen molar-refractivity contribution in [2.45, 2.75) is 27.2 Å². The summed E-state index contributed by atoms with van der Waals surface area (Å²) in [5, 5.41) is 20.3. The Morgan fingerprint density at radius 3 is 2.33 bits per heavy atom. The third-order valence-electron chi connectivity index (χ3n) is 3.75. The van der Waals surface area contributed by atoms with Crippen molar-refractivity contribution in [3.63, 3.8) is 0 Å². The molecule has 3 nitrogen and oxygen atoms in total. The van der Waals surface area contributed by atoms with Gasteiger partial charge in [0.25, 0.3) is 0 Å². The summed E-state index contributed by atoms with van der Waals surface area (Å²) in [5.41, 5.74) is 3.76. The Balaban J connectivity index is 2.26. The fourth-order valence-corrected chi connectivity index (χ4v) is 2.27. The minimum absolute atomic E-state index is 0.000422. The van der Waals surface area contributed by atoms with Crippen LogP contribution in [0.4, 0.5) is 0 Å². The Kier molecular flexibility index (Phi) is 5.59. The van der Waals surface area contributed by atoms with Gasteiger partial charge in [-0.3, -0.25) is 4.79 Å². The van der Waals surface area contributed by atoms with Gasteiger partial charge in [-0.15, -0.1) is 0 Å². The number of phenols is 2. The number of ketones is 1. The molecule has 0 spiro atoms. The van der Waals surface area contributed by atoms with E-state index in [-0.39, 0.29) is 17.3 Å². The SMILES string of the molecule is CC(C)=CCc1c(O)ccc(/C=C/C(=O)c2ccc(C)cc2)c1O. The molecular weight excluding hydrogens is 300 g/mol. The predicted octanol–water partition coefficient (Wildman–Crippen LogP) is 4.81. The Hall–Kier alpha value is -2.81. The van der Waals surface area contributed by atoms with Gasteiger partial charge in [-0.1, -0.05) is 41.5 Å². The quantitative estimate of drug-likeness (QED) is 0.472. The second-order valence-corrected chi connectivity index (χ2v) is 6.05. The van der Waals surface area contributed by atoms with Gasteiger partial charge < -0.3 is 10.2 Å². The molecule has 0 radical (unpaired) electrons. The van der Waals surface area contributed by atoms with Crippen LogP contribution < -0.4 is 0 Å². The zero-order valence-corrected chi connectivity index (χ0v) is 14.2. The fourth-order valence-electron chi connectivity index (χ4n) is 2.27. The molecule has 0 aliphatic carbocycles. The van der Waals surface area contributed by atoms with Crippen LogP contribution in [-0.4, -0.2) is 16.0 Å². The standard InChI is InChI=1S/C21H22O3/c1-14(2)4-11-18-20(23)13-10-17(21(18)24)9-12-19(22)16-7-5-15(3)6-8-16/h4-10,12-13,23-24H,11H2,1-3H3/b12-9+. The highest BCUT2D eigenvalue weighted by atomic mass is 16.3. The molecule has 0 fully saturated rings. The number of aromatic hydroxyl groups is 2. The number of hydrogen-bond donors (Lipinski definition) is 2. The van der Waals surface area contributed by atoms with Crippen molar-refractivity contribution in [2.75, 3.05) is 0 Å². The zero-order valence-electron chi connectivity index (χ0n) is 14.2. The molecular formula is C21H22O3. The predicted molar refractivity (Wildman–Crippen MR) is 97.5 cm³/mol. The molecule has 0 aromatic heterocycles. The molecule has 124 valence electrons. The van der Waals surface area contributed by atoms with Crippen molar-refractivity contribution in [1.82, 2.24) is 0 Å².